The molecule has 0 saturated heterocycles. The van der Waals surface area contributed by atoms with Crippen molar-refractivity contribution >= 4 is 23.3 Å². The normalized spacial score (nSPS) is 13.1. The third-order valence-electron chi connectivity index (χ3n) is 6.31. The van der Waals surface area contributed by atoms with Crippen molar-refractivity contribution in [2.45, 2.75) is 46.8 Å². The highest BCUT2D eigenvalue weighted by atomic mass is 19.1. The molecule has 0 fully saturated rings. The van der Waals surface area contributed by atoms with Crippen LogP contribution in [0.2, 0.25) is 0 Å². The average molecular weight is 498 g/mol. The van der Waals surface area contributed by atoms with Crippen LogP contribution in [-0.4, -0.2) is 66.9 Å². The zero-order valence-corrected chi connectivity index (χ0v) is 21.7. The molecule has 9 heteroatoms. The lowest BCUT2D eigenvalue weighted by molar-refractivity contribution is -0.145. The van der Waals surface area contributed by atoms with Gasteiger partial charge in [-0.05, 0) is 48.7 Å². The molecule has 2 amide bonds. The van der Waals surface area contributed by atoms with Crippen molar-refractivity contribution < 1.29 is 18.8 Å². The number of carbonyl (C=O) groups is 3. The maximum absolute atomic E-state index is 13.5. The molecule has 2 aromatic rings. The number of aryl methyl sites for hydroxylation is 1. The predicted molar refractivity (Wildman–Crippen MR) is 138 cm³/mol. The molecule has 1 aliphatic heterocycles. The van der Waals surface area contributed by atoms with E-state index in [4.69, 9.17) is 0 Å². The van der Waals surface area contributed by atoms with Crippen LogP contribution >= 0.6 is 0 Å². The van der Waals surface area contributed by atoms with Gasteiger partial charge in [-0.15, -0.1) is 0 Å². The molecule has 0 atom stereocenters. The summed E-state index contributed by atoms with van der Waals surface area (Å²) in [7, 11) is 1.68. The van der Waals surface area contributed by atoms with Crippen LogP contribution in [0.15, 0.2) is 36.4 Å². The Kier molecular flexibility index (Phi) is 9.31. The first kappa shape index (κ1) is 27.4. The number of halogens is 1. The first-order chi connectivity index (χ1) is 17.1. The summed E-state index contributed by atoms with van der Waals surface area (Å²) in [5, 5.41) is 9.65. The van der Waals surface area contributed by atoms with Crippen LogP contribution in [0.3, 0.4) is 0 Å². The van der Waals surface area contributed by atoms with Crippen molar-refractivity contribution in [1.29, 1.82) is 0 Å². The van der Waals surface area contributed by atoms with E-state index in [9.17, 15) is 18.8 Å². The van der Waals surface area contributed by atoms with Crippen molar-refractivity contribution in [1.82, 2.24) is 20.7 Å². The summed E-state index contributed by atoms with van der Waals surface area (Å²) in [5.74, 6) is -0.743. The van der Waals surface area contributed by atoms with E-state index in [0.29, 0.717) is 37.4 Å². The van der Waals surface area contributed by atoms with Crippen LogP contribution in [0.4, 0.5) is 10.1 Å². The second-order valence-electron chi connectivity index (χ2n) is 9.47. The maximum atomic E-state index is 13.5. The van der Waals surface area contributed by atoms with Gasteiger partial charge in [0.2, 0.25) is 5.91 Å². The van der Waals surface area contributed by atoms with Crippen molar-refractivity contribution in [3.05, 3.63) is 64.5 Å². The third-order valence-corrected chi connectivity index (χ3v) is 6.31. The Labute approximate surface area is 212 Å². The highest BCUT2D eigenvalue weighted by molar-refractivity contribution is 5.99. The monoisotopic (exact) mass is 497 g/mol. The molecule has 2 N–H and O–H groups in total. The molecule has 0 unspecified atom stereocenters. The van der Waals surface area contributed by atoms with Crippen LogP contribution < -0.4 is 15.5 Å². The second kappa shape index (κ2) is 12.2. The molecule has 0 bridgehead atoms. The van der Waals surface area contributed by atoms with E-state index in [1.807, 2.05) is 31.8 Å². The van der Waals surface area contributed by atoms with Gasteiger partial charge in [-0.1, -0.05) is 32.0 Å². The molecule has 1 heterocycles. The molecule has 8 nitrogen and oxygen atoms in total. The molecule has 2 aromatic carbocycles. The number of nitrogens with zero attached hydrogens (tertiary/aromatic N) is 3. The fraction of sp³-hybridized carbons (Fsp3) is 0.444. The number of benzene rings is 2. The Hall–Kier alpha value is -3.14. The fourth-order valence-corrected chi connectivity index (χ4v) is 4.16. The molecule has 0 saturated carbocycles. The molecule has 0 spiro atoms. The van der Waals surface area contributed by atoms with Gasteiger partial charge in [0.15, 0.2) is 5.78 Å². The predicted octanol–water partition coefficient (Wildman–Crippen LogP) is 2.65. The number of hydrogen-bond donors (Lipinski definition) is 2. The number of anilines is 1. The summed E-state index contributed by atoms with van der Waals surface area (Å²) in [6, 6.07) is 10.3. The molecule has 36 heavy (non-hydrogen) atoms. The Morgan fingerprint density at radius 3 is 2.42 bits per heavy atom. The van der Waals surface area contributed by atoms with Gasteiger partial charge in [-0.25, -0.2) is 9.40 Å². The van der Waals surface area contributed by atoms with E-state index in [0.717, 1.165) is 16.7 Å². The Balaban J connectivity index is 1.61. The van der Waals surface area contributed by atoms with Gasteiger partial charge in [0, 0.05) is 50.5 Å². The lowest BCUT2D eigenvalue weighted by Gasteiger charge is -2.28. The number of ketones is 1. The standard InChI is InChI=1S/C27H36FN5O3/c1-18(2)30-10-11-33(25-13-21(20(4)34)7-6-19(25)3)27(36)15-29-14-26(35)31(5)32-16-22-8-9-24(28)12-23(22)17-32/h6-9,12-13,18,29-30H,10-11,14-17H2,1-5H3. The van der Waals surface area contributed by atoms with Crippen molar-refractivity contribution in [2.75, 3.05) is 38.1 Å². The zero-order valence-electron chi connectivity index (χ0n) is 21.7. The van der Waals surface area contributed by atoms with E-state index >= 15 is 0 Å². The number of hydrogen-bond acceptors (Lipinski definition) is 6. The molecule has 1 aliphatic rings. The number of amides is 2. The molecule has 0 radical (unpaired) electrons. The molecule has 0 aliphatic carbocycles. The molecule has 3 rings (SSSR count). The van der Waals surface area contributed by atoms with E-state index < -0.39 is 0 Å². The summed E-state index contributed by atoms with van der Waals surface area (Å²) < 4.78 is 13.5. The van der Waals surface area contributed by atoms with Crippen molar-refractivity contribution in [3.8, 4) is 0 Å². The Bertz CT molecular complexity index is 1120. The van der Waals surface area contributed by atoms with E-state index in [1.165, 1.54) is 24.1 Å². The first-order valence-corrected chi connectivity index (χ1v) is 12.2. The number of likely N-dealkylation sites (N-methyl/N-ethyl adjacent to an activating group) is 1. The van der Waals surface area contributed by atoms with Crippen LogP contribution in [0, 0.1) is 12.7 Å². The van der Waals surface area contributed by atoms with Gasteiger partial charge in [0.1, 0.15) is 5.82 Å². The van der Waals surface area contributed by atoms with Crippen LogP contribution in [0.25, 0.3) is 0 Å². The molecule has 0 aromatic heterocycles. The maximum Gasteiger partial charge on any atom is 0.250 e. The minimum absolute atomic E-state index is 0.0198. The SMILES string of the molecule is CC(=O)c1ccc(C)c(N(CCNC(C)C)C(=O)CNCC(=O)N(C)N2Cc3ccc(F)cc3C2)c1. The van der Waals surface area contributed by atoms with E-state index in [2.05, 4.69) is 10.6 Å². The van der Waals surface area contributed by atoms with Gasteiger partial charge < -0.3 is 10.2 Å². The van der Waals surface area contributed by atoms with E-state index in [1.54, 1.807) is 30.1 Å². The van der Waals surface area contributed by atoms with Gasteiger partial charge >= 0.3 is 0 Å². The molecule has 194 valence electrons. The van der Waals surface area contributed by atoms with Gasteiger partial charge in [0.25, 0.3) is 5.91 Å². The lowest BCUT2D eigenvalue weighted by Crippen LogP contribution is -2.47. The zero-order chi connectivity index (χ0) is 26.4. The van der Waals surface area contributed by atoms with Crippen LogP contribution in [0.1, 0.15) is 47.8 Å². The molecular formula is C27H36FN5O3. The van der Waals surface area contributed by atoms with Gasteiger partial charge in [0.05, 0.1) is 13.1 Å². The van der Waals surface area contributed by atoms with Gasteiger partial charge in [-0.2, -0.15) is 0 Å². The smallest absolute Gasteiger partial charge is 0.250 e. The summed E-state index contributed by atoms with van der Waals surface area (Å²) >= 11 is 0. The number of carbonyl (C=O) groups excluding carboxylic acids is 3. The summed E-state index contributed by atoms with van der Waals surface area (Å²) in [6.45, 7) is 9.42. The number of rotatable bonds is 11. The average Bonchev–Trinajstić information content (AvgIpc) is 3.24. The van der Waals surface area contributed by atoms with Crippen LogP contribution in [-0.2, 0) is 22.7 Å². The Morgan fingerprint density at radius 1 is 1.03 bits per heavy atom. The van der Waals surface area contributed by atoms with E-state index in [-0.39, 0.29) is 42.5 Å². The topological polar surface area (TPSA) is 85.0 Å². The highest BCUT2D eigenvalue weighted by Gasteiger charge is 2.26. The lowest BCUT2D eigenvalue weighted by atomic mass is 10.1. The minimum Gasteiger partial charge on any atom is -0.313 e. The van der Waals surface area contributed by atoms with Crippen molar-refractivity contribution in [2.24, 2.45) is 0 Å². The first-order valence-electron chi connectivity index (χ1n) is 12.2. The van der Waals surface area contributed by atoms with Gasteiger partial charge in [-0.3, -0.25) is 24.7 Å². The second-order valence-corrected chi connectivity index (χ2v) is 9.47. The number of nitrogens with one attached hydrogen (secondary N) is 2. The summed E-state index contributed by atoms with van der Waals surface area (Å²) in [6.07, 6.45) is 0. The van der Waals surface area contributed by atoms with Crippen molar-refractivity contribution in [3.63, 3.8) is 0 Å². The number of hydrazine groups is 1. The fourth-order valence-electron chi connectivity index (χ4n) is 4.16. The summed E-state index contributed by atoms with van der Waals surface area (Å²) in [5.41, 5.74) is 3.98. The highest BCUT2D eigenvalue weighted by Crippen LogP contribution is 2.25. The quantitative estimate of drug-likeness (QED) is 0.465. The largest absolute Gasteiger partial charge is 0.313 e. The van der Waals surface area contributed by atoms with Crippen LogP contribution in [0.5, 0.6) is 0 Å². The third kappa shape index (κ3) is 6.96. The minimum atomic E-state index is -0.290. The Morgan fingerprint density at radius 2 is 1.72 bits per heavy atom. The molecular weight excluding hydrogens is 461 g/mol. The number of Topliss-reactive ketones (excluding diaryl/α,β-unsaturated/α-hetero) is 1. The summed E-state index contributed by atoms with van der Waals surface area (Å²) in [4.78, 5) is 39.6. The number of fused-ring (bicyclic) bond motifs is 1.